The highest BCUT2D eigenvalue weighted by molar-refractivity contribution is 6.36. The Labute approximate surface area is 268 Å². The quantitative estimate of drug-likeness (QED) is 0.324. The fraction of sp³-hybridized carbons (Fsp3) is 0.545. The monoisotopic (exact) mass is 642 g/mol. The van der Waals surface area contributed by atoms with E-state index in [9.17, 15) is 13.6 Å². The van der Waals surface area contributed by atoms with Crippen LogP contribution in [0.1, 0.15) is 44.9 Å². The first-order valence-corrected chi connectivity index (χ1v) is 16.1. The number of ether oxygens (including phenoxy) is 2. The second kappa shape index (κ2) is 12.7. The summed E-state index contributed by atoms with van der Waals surface area (Å²) in [7, 11) is 0. The second-order valence-electron chi connectivity index (χ2n) is 13.1. The molecular weight excluding hydrogens is 602 g/mol. The Kier molecular flexibility index (Phi) is 8.94. The molecule has 0 saturated carbocycles. The fourth-order valence-electron chi connectivity index (χ4n) is 6.39. The molecule has 0 bridgehead atoms. The lowest BCUT2D eigenvalue weighted by Crippen LogP contribution is -2.50. The number of anilines is 2. The number of halogens is 3. The molecule has 1 amide bonds. The molecule has 45 heavy (non-hydrogen) atoms. The number of hydrogen-bond donors (Lipinski definition) is 0. The number of piperidine rings is 1. The third kappa shape index (κ3) is 7.35. The summed E-state index contributed by atoms with van der Waals surface area (Å²) in [4.78, 5) is 30.4. The number of hydrogen-bond acceptors (Lipinski definition) is 8. The van der Waals surface area contributed by atoms with Crippen molar-refractivity contribution < 1.29 is 23.0 Å². The topological polar surface area (TPSA) is 74.3 Å². The summed E-state index contributed by atoms with van der Waals surface area (Å²) in [5.74, 6) is -1.86. The van der Waals surface area contributed by atoms with Crippen molar-refractivity contribution in [3.8, 4) is 6.01 Å². The van der Waals surface area contributed by atoms with Crippen LogP contribution in [0.4, 0.5) is 25.1 Å². The lowest BCUT2D eigenvalue weighted by Gasteiger charge is -2.38. The van der Waals surface area contributed by atoms with Crippen LogP contribution in [0.2, 0.25) is 5.02 Å². The van der Waals surface area contributed by atoms with Crippen molar-refractivity contribution in [2.75, 3.05) is 68.8 Å². The highest BCUT2D eigenvalue weighted by atomic mass is 35.5. The van der Waals surface area contributed by atoms with E-state index in [1.807, 2.05) is 39.0 Å². The molecule has 0 spiro atoms. The van der Waals surface area contributed by atoms with Crippen LogP contribution in [0.5, 0.6) is 6.01 Å². The molecule has 3 aliphatic heterocycles. The molecule has 0 radical (unpaired) electrons. The molecule has 4 heterocycles. The maximum absolute atomic E-state index is 14.0. The number of carbonyl (C=O) groups excluding carboxylic acids is 1. The van der Waals surface area contributed by atoms with Crippen molar-refractivity contribution in [3.05, 3.63) is 52.7 Å². The Bertz CT molecular complexity index is 1540. The van der Waals surface area contributed by atoms with E-state index in [0.717, 1.165) is 46.5 Å². The van der Waals surface area contributed by atoms with E-state index >= 15 is 0 Å². The summed E-state index contributed by atoms with van der Waals surface area (Å²) in [6.07, 6.45) is 0.807. The van der Waals surface area contributed by atoms with Crippen molar-refractivity contribution in [2.24, 2.45) is 0 Å². The predicted molar refractivity (Wildman–Crippen MR) is 172 cm³/mol. The molecule has 0 atom stereocenters. The van der Waals surface area contributed by atoms with E-state index in [1.54, 1.807) is 9.80 Å². The van der Waals surface area contributed by atoms with Crippen LogP contribution < -0.4 is 14.5 Å². The van der Waals surface area contributed by atoms with Gasteiger partial charge in [-0.3, -0.25) is 4.90 Å². The maximum Gasteiger partial charge on any atom is 0.410 e. The van der Waals surface area contributed by atoms with E-state index in [2.05, 4.69) is 28.0 Å². The second-order valence-corrected chi connectivity index (χ2v) is 13.5. The third-order valence-electron chi connectivity index (χ3n) is 8.54. The van der Waals surface area contributed by atoms with Crippen LogP contribution in [0.15, 0.2) is 36.4 Å². The van der Waals surface area contributed by atoms with Gasteiger partial charge in [0.05, 0.1) is 23.8 Å². The zero-order chi connectivity index (χ0) is 31.8. The van der Waals surface area contributed by atoms with Gasteiger partial charge < -0.3 is 24.2 Å². The number of benzene rings is 2. The summed E-state index contributed by atoms with van der Waals surface area (Å²) >= 11 is 6.68. The third-order valence-corrected chi connectivity index (χ3v) is 8.85. The molecule has 1 aromatic heterocycles. The first kappa shape index (κ1) is 31.5. The van der Waals surface area contributed by atoms with Gasteiger partial charge in [-0.25, -0.2) is 13.6 Å². The van der Waals surface area contributed by atoms with Crippen LogP contribution in [0.3, 0.4) is 0 Å². The van der Waals surface area contributed by atoms with Gasteiger partial charge in [0.15, 0.2) is 0 Å². The van der Waals surface area contributed by atoms with Crippen molar-refractivity contribution in [1.29, 1.82) is 0 Å². The average Bonchev–Trinajstić information content (AvgIpc) is 2.99. The zero-order valence-corrected chi connectivity index (χ0v) is 27.0. The number of rotatable bonds is 6. The molecule has 2 saturated heterocycles. The lowest BCUT2D eigenvalue weighted by molar-refractivity contribution is -0.0658. The van der Waals surface area contributed by atoms with E-state index < -0.39 is 11.5 Å². The first-order chi connectivity index (χ1) is 21.5. The Hall–Kier alpha value is -3.44. The molecule has 3 aliphatic rings. The van der Waals surface area contributed by atoms with E-state index in [0.29, 0.717) is 57.3 Å². The Morgan fingerprint density at radius 3 is 2.49 bits per heavy atom. The van der Waals surface area contributed by atoms with Crippen LogP contribution in [0.25, 0.3) is 10.8 Å². The molecule has 12 heteroatoms. The van der Waals surface area contributed by atoms with Gasteiger partial charge in [0.1, 0.15) is 18.0 Å². The molecule has 242 valence electrons. The minimum Gasteiger partial charge on any atom is -0.462 e. The summed E-state index contributed by atoms with van der Waals surface area (Å²) in [5.41, 5.74) is 2.41. The number of aromatic nitrogens is 2. The van der Waals surface area contributed by atoms with Crippen molar-refractivity contribution >= 4 is 40.0 Å². The molecule has 3 aromatic rings. The molecule has 0 N–H and O–H groups in total. The summed E-state index contributed by atoms with van der Waals surface area (Å²) in [5, 5.41) is 2.78. The van der Waals surface area contributed by atoms with E-state index in [-0.39, 0.29) is 31.7 Å². The van der Waals surface area contributed by atoms with Gasteiger partial charge in [-0.05, 0) is 57.7 Å². The van der Waals surface area contributed by atoms with Gasteiger partial charge in [-0.1, -0.05) is 35.9 Å². The van der Waals surface area contributed by atoms with Crippen LogP contribution in [-0.4, -0.2) is 96.3 Å². The van der Waals surface area contributed by atoms with Crippen LogP contribution in [-0.2, 0) is 17.7 Å². The zero-order valence-electron chi connectivity index (χ0n) is 26.2. The Morgan fingerprint density at radius 2 is 1.76 bits per heavy atom. The number of amides is 1. The number of likely N-dealkylation sites (tertiary alicyclic amines) is 1. The predicted octanol–water partition coefficient (Wildman–Crippen LogP) is 6.01. The smallest absolute Gasteiger partial charge is 0.410 e. The number of alkyl halides is 2. The Morgan fingerprint density at radius 1 is 1.00 bits per heavy atom. The highest BCUT2D eigenvalue weighted by Gasteiger charge is 2.35. The molecule has 0 unspecified atom stereocenters. The number of fused-ring (bicyclic) bond motifs is 2. The standard InChI is InChI=1S/C33H41ClF2N6O3/c1-32(2,3)45-31(43)41-17-15-40(16-18-41)29-24-11-14-42(27-10-5-8-23-7-4-9-25(34)28(23)27)21-26(24)37-30(38-29)44-20-19-39-13-6-12-33(35,36)22-39/h4-5,7-10H,6,11-22H2,1-3H3. The van der Waals surface area contributed by atoms with Crippen molar-refractivity contribution in [2.45, 2.75) is 58.1 Å². The maximum atomic E-state index is 14.0. The van der Waals surface area contributed by atoms with Crippen LogP contribution >= 0.6 is 11.6 Å². The minimum absolute atomic E-state index is 0.0682. The molecule has 2 aromatic carbocycles. The number of piperazine rings is 1. The molecular formula is C33H41ClF2N6O3. The SMILES string of the molecule is CC(C)(C)OC(=O)N1CCN(c2nc(OCCN3CCCC(F)(F)C3)nc3c2CCN(c2cccc4cccc(Cl)c24)C3)CC1. The molecule has 0 aliphatic carbocycles. The van der Waals surface area contributed by atoms with E-state index in [4.69, 9.17) is 31.0 Å². The normalized spacial score (nSPS) is 19.0. The van der Waals surface area contributed by atoms with Gasteiger partial charge in [0, 0.05) is 62.3 Å². The molecule has 9 nitrogen and oxygen atoms in total. The van der Waals surface area contributed by atoms with Gasteiger partial charge >= 0.3 is 12.1 Å². The molecule has 2 fully saturated rings. The molecule has 6 rings (SSSR count). The van der Waals surface area contributed by atoms with Gasteiger partial charge in [-0.15, -0.1) is 0 Å². The largest absolute Gasteiger partial charge is 0.462 e. The van der Waals surface area contributed by atoms with Gasteiger partial charge in [-0.2, -0.15) is 9.97 Å². The van der Waals surface area contributed by atoms with Gasteiger partial charge in [0.25, 0.3) is 5.92 Å². The lowest BCUT2D eigenvalue weighted by atomic mass is 10.0. The minimum atomic E-state index is -2.66. The summed E-state index contributed by atoms with van der Waals surface area (Å²) in [6, 6.07) is 12.3. The highest BCUT2D eigenvalue weighted by Crippen LogP contribution is 2.37. The Balaban J connectivity index is 1.24. The van der Waals surface area contributed by atoms with Gasteiger partial charge in [0.2, 0.25) is 0 Å². The average molecular weight is 643 g/mol. The summed E-state index contributed by atoms with van der Waals surface area (Å²) in [6.45, 7) is 10.0. The van der Waals surface area contributed by atoms with E-state index in [1.165, 1.54) is 0 Å². The van der Waals surface area contributed by atoms with Crippen LogP contribution in [0, 0.1) is 0 Å². The number of nitrogens with zero attached hydrogens (tertiary/aromatic N) is 6. The summed E-state index contributed by atoms with van der Waals surface area (Å²) < 4.78 is 39.5. The fourth-order valence-corrected chi connectivity index (χ4v) is 6.67. The first-order valence-electron chi connectivity index (χ1n) is 15.7. The van der Waals surface area contributed by atoms with Crippen molar-refractivity contribution in [3.63, 3.8) is 0 Å². The number of carbonyl (C=O) groups is 1. The van der Waals surface area contributed by atoms with Crippen molar-refractivity contribution in [1.82, 2.24) is 19.8 Å².